The first kappa shape index (κ1) is 38.6. The summed E-state index contributed by atoms with van der Waals surface area (Å²) in [5.74, 6) is 0.371. The molecule has 256 valence electrons. The highest BCUT2D eigenvalue weighted by molar-refractivity contribution is 6.08. The quantitative estimate of drug-likeness (QED) is 0.0644. The fourth-order valence-electron chi connectivity index (χ4n) is 6.46. The number of furan rings is 1. The Kier molecular flexibility index (Phi) is 17.0. The van der Waals surface area contributed by atoms with Gasteiger partial charge in [0.15, 0.2) is 0 Å². The Morgan fingerprint density at radius 1 is 0.604 bits per heavy atom. The molecular weight excluding hydrogens is 585 g/mol. The summed E-state index contributed by atoms with van der Waals surface area (Å²) in [6, 6.07) is 43.0. The molecular formula is C44H60BNO2. The highest BCUT2D eigenvalue weighted by atomic mass is 16.3. The molecule has 0 bridgehead atoms. The SMILES string of the molecule is CCCC[N+](CCCC)(CCCC)C(C)=O.[BH3-]CCCC(c1ccccc1)(c1ccccc1)c1ccccc1.c1ccc2occc2c1. The highest BCUT2D eigenvalue weighted by Crippen LogP contribution is 2.43. The summed E-state index contributed by atoms with van der Waals surface area (Å²) in [5, 5.41) is 1.16. The van der Waals surface area contributed by atoms with Crippen LogP contribution in [0.3, 0.4) is 0 Å². The van der Waals surface area contributed by atoms with Gasteiger partial charge in [-0.25, -0.2) is 4.79 Å². The summed E-state index contributed by atoms with van der Waals surface area (Å²) >= 11 is 0. The minimum absolute atomic E-state index is 0.0297. The third kappa shape index (κ3) is 10.8. The smallest absolute Gasteiger partial charge is 0.310 e. The molecule has 5 rings (SSSR count). The molecule has 0 radical (unpaired) electrons. The van der Waals surface area contributed by atoms with Crippen LogP contribution < -0.4 is 0 Å². The van der Waals surface area contributed by atoms with E-state index in [-0.39, 0.29) is 5.41 Å². The van der Waals surface area contributed by atoms with Crippen molar-refractivity contribution in [1.82, 2.24) is 0 Å². The van der Waals surface area contributed by atoms with Crippen molar-refractivity contribution in [2.24, 2.45) is 0 Å². The number of benzene rings is 4. The van der Waals surface area contributed by atoms with Gasteiger partial charge in [0.25, 0.3) is 0 Å². The van der Waals surface area contributed by atoms with Gasteiger partial charge in [0.05, 0.1) is 32.8 Å². The van der Waals surface area contributed by atoms with E-state index in [4.69, 9.17) is 4.42 Å². The second-order valence-corrected chi connectivity index (χ2v) is 12.5. The summed E-state index contributed by atoms with van der Waals surface area (Å²) in [5.41, 5.74) is 5.15. The molecule has 0 aliphatic rings. The van der Waals surface area contributed by atoms with Crippen molar-refractivity contribution < 1.29 is 13.7 Å². The number of amides is 1. The van der Waals surface area contributed by atoms with Crippen LogP contribution in [0.4, 0.5) is 0 Å². The van der Waals surface area contributed by atoms with Crippen LogP contribution in [0, 0.1) is 0 Å². The fourth-order valence-corrected chi connectivity index (χ4v) is 6.46. The zero-order chi connectivity index (χ0) is 34.5. The number of carbonyl (C=O) groups is 1. The molecule has 0 atom stereocenters. The van der Waals surface area contributed by atoms with Crippen LogP contribution in [-0.2, 0) is 10.2 Å². The van der Waals surface area contributed by atoms with Crippen molar-refractivity contribution in [1.29, 1.82) is 0 Å². The Morgan fingerprint density at radius 3 is 1.40 bits per heavy atom. The minimum atomic E-state index is -0.0297. The van der Waals surface area contributed by atoms with Gasteiger partial charge >= 0.3 is 5.91 Å². The molecule has 1 amide bonds. The summed E-state index contributed by atoms with van der Waals surface area (Å²) in [6.07, 6.45) is 12.7. The van der Waals surface area contributed by atoms with Gasteiger partial charge in [-0.15, -0.1) is 0 Å². The summed E-state index contributed by atoms with van der Waals surface area (Å²) in [6.45, 7) is 11.5. The summed E-state index contributed by atoms with van der Waals surface area (Å²) in [7, 11) is 0.469. The molecule has 0 saturated carbocycles. The second kappa shape index (κ2) is 21.2. The Bertz CT molecular complexity index is 1400. The lowest BCUT2D eigenvalue weighted by Gasteiger charge is -2.36. The van der Waals surface area contributed by atoms with E-state index < -0.39 is 0 Å². The predicted molar refractivity (Wildman–Crippen MR) is 210 cm³/mol. The van der Waals surface area contributed by atoms with E-state index in [0.29, 0.717) is 13.8 Å². The maximum absolute atomic E-state index is 12.0. The molecule has 48 heavy (non-hydrogen) atoms. The molecule has 0 aliphatic heterocycles. The van der Waals surface area contributed by atoms with Gasteiger partial charge < -0.3 is 4.42 Å². The number of rotatable bonds is 15. The molecule has 0 saturated heterocycles. The van der Waals surface area contributed by atoms with Gasteiger partial charge in [-0.05, 0) is 62.4 Å². The van der Waals surface area contributed by atoms with Gasteiger partial charge in [0.2, 0.25) is 0 Å². The van der Waals surface area contributed by atoms with Crippen molar-refractivity contribution in [2.45, 2.75) is 90.8 Å². The fraction of sp³-hybridized carbons (Fsp3) is 0.386. The first-order valence-corrected chi connectivity index (χ1v) is 17.7. The monoisotopic (exact) mass is 645 g/mol. The number of para-hydroxylation sites is 1. The summed E-state index contributed by atoms with van der Waals surface area (Å²) in [4.78, 5) is 12.0. The lowest BCUT2D eigenvalue weighted by Crippen LogP contribution is -2.53. The van der Waals surface area contributed by atoms with Crippen molar-refractivity contribution in [2.75, 3.05) is 19.6 Å². The average Bonchev–Trinajstić information content (AvgIpc) is 3.63. The zero-order valence-corrected chi connectivity index (χ0v) is 29.4. The van der Waals surface area contributed by atoms with Gasteiger partial charge in [0, 0.05) is 10.8 Å². The van der Waals surface area contributed by atoms with E-state index in [1.807, 2.05) is 30.3 Å². The number of carbonyl (C=O) groups excluding carboxylic acids is 1. The molecule has 0 spiro atoms. The summed E-state index contributed by atoms with van der Waals surface area (Å²) < 4.78 is 5.85. The average molecular weight is 646 g/mol. The molecule has 0 fully saturated rings. The Labute approximate surface area is 292 Å². The van der Waals surface area contributed by atoms with E-state index in [9.17, 15) is 4.79 Å². The van der Waals surface area contributed by atoms with E-state index in [1.165, 1.54) is 74.4 Å². The number of nitrogens with zero attached hydrogens (tertiary/aromatic N) is 1. The Morgan fingerprint density at radius 2 is 1.02 bits per heavy atom. The third-order valence-corrected chi connectivity index (χ3v) is 9.20. The highest BCUT2D eigenvalue weighted by Gasteiger charge is 2.35. The van der Waals surface area contributed by atoms with Crippen molar-refractivity contribution >= 4 is 24.7 Å². The predicted octanol–water partition coefficient (Wildman–Crippen LogP) is 10.8. The van der Waals surface area contributed by atoms with Gasteiger partial charge in [-0.2, -0.15) is 6.32 Å². The maximum atomic E-state index is 12.0. The van der Waals surface area contributed by atoms with Gasteiger partial charge in [-0.1, -0.05) is 156 Å². The van der Waals surface area contributed by atoms with Crippen molar-refractivity contribution in [3.63, 3.8) is 0 Å². The second-order valence-electron chi connectivity index (χ2n) is 12.5. The molecule has 0 N–H and O–H groups in total. The molecule has 0 unspecified atom stereocenters. The topological polar surface area (TPSA) is 30.2 Å². The van der Waals surface area contributed by atoms with Crippen LogP contribution in [0.25, 0.3) is 11.0 Å². The number of fused-ring (bicyclic) bond motifs is 1. The molecule has 4 aromatic carbocycles. The van der Waals surface area contributed by atoms with Crippen molar-refractivity contribution in [3.05, 3.63) is 144 Å². The van der Waals surface area contributed by atoms with Crippen LogP contribution in [0.2, 0.25) is 6.32 Å². The van der Waals surface area contributed by atoms with Gasteiger partial charge in [-0.3, -0.25) is 4.48 Å². The first-order chi connectivity index (χ1) is 23.5. The van der Waals surface area contributed by atoms with Crippen molar-refractivity contribution in [3.8, 4) is 0 Å². The molecule has 3 nitrogen and oxygen atoms in total. The van der Waals surface area contributed by atoms with Crippen LogP contribution >= 0.6 is 0 Å². The van der Waals surface area contributed by atoms with Crippen LogP contribution in [0.15, 0.2) is 132 Å². The van der Waals surface area contributed by atoms with Crippen LogP contribution in [0.5, 0.6) is 0 Å². The Hall–Kier alpha value is -3.89. The molecule has 4 heteroatoms. The molecule has 5 aromatic rings. The Balaban J connectivity index is 0.000000216. The third-order valence-electron chi connectivity index (χ3n) is 9.20. The standard InChI is InChI=1S/C22H24B.C14H30NO.C8H6O/c23-18-10-17-22(19-11-4-1-5-12-19,20-13-6-2-7-14-20)21-15-8-3-9-16-21;1-5-8-11-15(14(4)16,12-9-6-2)13-10-7-3;1-2-4-8-7(3-1)5-6-9-8/h1-9,11-16H,10,17-18H2,23H3;5-13H2,1-4H3;1-6H/q-1;+1;. The van der Waals surface area contributed by atoms with E-state index >= 15 is 0 Å². The van der Waals surface area contributed by atoms with Crippen LogP contribution in [0.1, 0.15) is 95.8 Å². The van der Waals surface area contributed by atoms with E-state index in [2.05, 4.69) is 112 Å². The largest absolute Gasteiger partial charge is 0.464 e. The van der Waals surface area contributed by atoms with Crippen LogP contribution in [-0.4, -0.2) is 37.9 Å². The normalized spacial score (nSPS) is 11.3. The minimum Gasteiger partial charge on any atom is -0.464 e. The molecule has 0 aliphatic carbocycles. The van der Waals surface area contributed by atoms with Gasteiger partial charge in [0.1, 0.15) is 5.58 Å². The number of hydrogen-bond donors (Lipinski definition) is 0. The first-order valence-electron chi connectivity index (χ1n) is 17.7. The maximum Gasteiger partial charge on any atom is 0.310 e. The number of quaternary nitrogens is 1. The number of hydrogen-bond acceptors (Lipinski definition) is 2. The lowest BCUT2D eigenvalue weighted by molar-refractivity contribution is -0.855. The number of unbranched alkanes of at least 4 members (excludes halogenated alkanes) is 3. The molecule has 1 heterocycles. The lowest BCUT2D eigenvalue weighted by atomic mass is 9.66. The zero-order valence-electron chi connectivity index (χ0n) is 29.4. The van der Waals surface area contributed by atoms with E-state index in [0.717, 1.165) is 35.1 Å². The van der Waals surface area contributed by atoms with E-state index in [1.54, 1.807) is 13.2 Å². The molecule has 1 aromatic heterocycles.